The van der Waals surface area contributed by atoms with Crippen LogP contribution in [0.3, 0.4) is 0 Å². The summed E-state index contributed by atoms with van der Waals surface area (Å²) in [6.07, 6.45) is -6.50. The maximum absolute atomic E-state index is 12.8. The topological polar surface area (TPSA) is 39.7 Å². The summed E-state index contributed by atoms with van der Waals surface area (Å²) in [5.74, 6) is 0.155. The fraction of sp³-hybridized carbons (Fsp3) is 0.600. The third-order valence-corrected chi connectivity index (χ3v) is 4.70. The summed E-state index contributed by atoms with van der Waals surface area (Å²) in [7, 11) is -0.640. The smallest absolute Gasteiger partial charge is 0.459 e. The van der Waals surface area contributed by atoms with E-state index in [9.17, 15) is 13.2 Å². The highest BCUT2D eigenvalue weighted by Gasteiger charge is 2.52. The fourth-order valence-corrected chi connectivity index (χ4v) is 2.58. The first-order valence-corrected chi connectivity index (χ1v) is 7.41. The molecule has 0 spiro atoms. The molecule has 4 nitrogen and oxygen atoms in total. The zero-order chi connectivity index (χ0) is 17.2. The SMILES string of the molecule is Cc1cc2c(cc1B1OC(C)(C)C(C)(C)O1)OC(C(F)(F)F)N2. The minimum absolute atomic E-state index is 0.155. The molecule has 1 saturated heterocycles. The quantitative estimate of drug-likeness (QED) is 0.804. The normalized spacial score (nSPS) is 25.0. The Labute approximate surface area is 133 Å². The van der Waals surface area contributed by atoms with Crippen LogP contribution in [0.5, 0.6) is 5.75 Å². The molecule has 2 aliphatic rings. The molecule has 1 fully saturated rings. The highest BCUT2D eigenvalue weighted by Crippen LogP contribution is 2.40. The van der Waals surface area contributed by atoms with E-state index in [-0.39, 0.29) is 5.75 Å². The lowest BCUT2D eigenvalue weighted by Crippen LogP contribution is -2.41. The van der Waals surface area contributed by atoms with Gasteiger partial charge in [-0.1, -0.05) is 0 Å². The molecule has 1 unspecified atom stereocenters. The van der Waals surface area contributed by atoms with Gasteiger partial charge in [-0.05, 0) is 57.8 Å². The molecule has 0 saturated carbocycles. The number of aryl methyl sites for hydroxylation is 1. The van der Waals surface area contributed by atoms with Gasteiger partial charge in [0.25, 0.3) is 6.23 Å². The molecule has 0 amide bonds. The second-order valence-electron chi connectivity index (χ2n) is 6.98. The standard InChI is InChI=1S/C15H19BF3NO3/c1-8-6-10-11(21-12(20-10)15(17,18)19)7-9(8)16-22-13(2,3)14(4,5)23-16/h6-7,12,20H,1-5H3. The second kappa shape index (κ2) is 4.80. The zero-order valence-corrected chi connectivity index (χ0v) is 13.7. The molecule has 1 aromatic rings. The number of fused-ring (bicyclic) bond motifs is 1. The molecule has 0 radical (unpaired) electrons. The number of hydrogen-bond acceptors (Lipinski definition) is 4. The first kappa shape index (κ1) is 16.5. The summed E-state index contributed by atoms with van der Waals surface area (Å²) in [5, 5.41) is 2.34. The van der Waals surface area contributed by atoms with Crippen LogP contribution in [0.1, 0.15) is 33.3 Å². The Balaban J connectivity index is 1.91. The van der Waals surface area contributed by atoms with Gasteiger partial charge < -0.3 is 19.4 Å². The number of rotatable bonds is 1. The largest absolute Gasteiger partial charge is 0.495 e. The molecule has 1 atom stereocenters. The molecule has 2 aliphatic heterocycles. The molecule has 126 valence electrons. The second-order valence-corrected chi connectivity index (χ2v) is 6.98. The highest BCUT2D eigenvalue weighted by atomic mass is 19.4. The van der Waals surface area contributed by atoms with Crippen molar-refractivity contribution in [2.24, 2.45) is 0 Å². The Kier molecular flexibility index (Phi) is 3.43. The molecular formula is C15H19BF3NO3. The Hall–Kier alpha value is -1.41. The van der Waals surface area contributed by atoms with Crippen molar-refractivity contribution in [2.45, 2.75) is 58.2 Å². The van der Waals surface area contributed by atoms with E-state index in [2.05, 4.69) is 5.32 Å². The van der Waals surface area contributed by atoms with Crippen molar-refractivity contribution in [2.75, 3.05) is 5.32 Å². The summed E-state index contributed by atoms with van der Waals surface area (Å²) in [6.45, 7) is 9.50. The fourth-order valence-electron chi connectivity index (χ4n) is 2.58. The number of nitrogens with one attached hydrogen (secondary N) is 1. The average molecular weight is 329 g/mol. The predicted octanol–water partition coefficient (Wildman–Crippen LogP) is 2.99. The molecule has 1 aromatic carbocycles. The predicted molar refractivity (Wildman–Crippen MR) is 81.0 cm³/mol. The Morgan fingerprint density at radius 1 is 1.09 bits per heavy atom. The first-order valence-electron chi connectivity index (χ1n) is 7.41. The molecule has 0 bridgehead atoms. The third kappa shape index (κ3) is 2.68. The van der Waals surface area contributed by atoms with Crippen molar-refractivity contribution in [3.05, 3.63) is 17.7 Å². The van der Waals surface area contributed by atoms with E-state index in [1.165, 1.54) is 0 Å². The molecular weight excluding hydrogens is 310 g/mol. The molecule has 0 aromatic heterocycles. The van der Waals surface area contributed by atoms with Crippen LogP contribution in [-0.2, 0) is 9.31 Å². The van der Waals surface area contributed by atoms with Crippen LogP contribution in [0, 0.1) is 6.92 Å². The molecule has 0 aliphatic carbocycles. The van der Waals surface area contributed by atoms with Crippen LogP contribution in [0.25, 0.3) is 0 Å². The number of halogens is 3. The summed E-state index contributed by atoms with van der Waals surface area (Å²) in [6, 6.07) is 3.19. The number of hydrogen-bond donors (Lipinski definition) is 1. The molecule has 2 heterocycles. The summed E-state index contributed by atoms with van der Waals surface area (Å²) >= 11 is 0. The monoisotopic (exact) mass is 329 g/mol. The van der Waals surface area contributed by atoms with Crippen LogP contribution in [0.2, 0.25) is 0 Å². The Morgan fingerprint density at radius 3 is 2.17 bits per heavy atom. The van der Waals surface area contributed by atoms with E-state index in [1.807, 2.05) is 34.6 Å². The van der Waals surface area contributed by atoms with Gasteiger partial charge in [0.15, 0.2) is 0 Å². The van der Waals surface area contributed by atoms with Crippen LogP contribution in [0.4, 0.5) is 18.9 Å². The van der Waals surface area contributed by atoms with E-state index in [0.717, 1.165) is 5.56 Å². The lowest BCUT2D eigenvalue weighted by Gasteiger charge is -2.32. The van der Waals surface area contributed by atoms with Crippen molar-refractivity contribution in [1.29, 1.82) is 0 Å². The number of alkyl halides is 3. The first-order chi connectivity index (χ1) is 10.4. The van der Waals surface area contributed by atoms with Gasteiger partial charge in [0, 0.05) is 0 Å². The van der Waals surface area contributed by atoms with Crippen LogP contribution < -0.4 is 15.5 Å². The summed E-state index contributed by atoms with van der Waals surface area (Å²) in [4.78, 5) is 0. The lowest BCUT2D eigenvalue weighted by atomic mass is 9.76. The van der Waals surface area contributed by atoms with Crippen molar-refractivity contribution in [1.82, 2.24) is 0 Å². The zero-order valence-electron chi connectivity index (χ0n) is 13.7. The summed E-state index contributed by atoms with van der Waals surface area (Å²) < 4.78 is 55.3. The number of ether oxygens (including phenoxy) is 1. The van der Waals surface area contributed by atoms with Crippen LogP contribution in [-0.4, -0.2) is 30.7 Å². The van der Waals surface area contributed by atoms with E-state index >= 15 is 0 Å². The lowest BCUT2D eigenvalue weighted by molar-refractivity contribution is -0.182. The van der Waals surface area contributed by atoms with Gasteiger partial charge in [-0.3, -0.25) is 0 Å². The van der Waals surface area contributed by atoms with Gasteiger partial charge in [-0.2, -0.15) is 13.2 Å². The summed E-state index contributed by atoms with van der Waals surface area (Å²) in [5.41, 5.74) is 0.742. The minimum Gasteiger partial charge on any atom is -0.459 e. The maximum atomic E-state index is 12.8. The number of anilines is 1. The van der Waals surface area contributed by atoms with Gasteiger partial charge in [-0.25, -0.2) is 0 Å². The average Bonchev–Trinajstić information content (AvgIpc) is 2.86. The van der Waals surface area contributed by atoms with Gasteiger partial charge in [0.1, 0.15) is 5.75 Å². The third-order valence-electron chi connectivity index (χ3n) is 4.70. The van der Waals surface area contributed by atoms with E-state index in [0.29, 0.717) is 11.2 Å². The molecule has 3 rings (SSSR count). The van der Waals surface area contributed by atoms with E-state index in [4.69, 9.17) is 14.0 Å². The van der Waals surface area contributed by atoms with Gasteiger partial charge >= 0.3 is 13.3 Å². The molecule has 1 N–H and O–H groups in total. The Morgan fingerprint density at radius 2 is 1.65 bits per heavy atom. The highest BCUT2D eigenvalue weighted by molar-refractivity contribution is 6.62. The van der Waals surface area contributed by atoms with Crippen molar-refractivity contribution in [3.8, 4) is 5.75 Å². The molecule has 8 heteroatoms. The van der Waals surface area contributed by atoms with Crippen LogP contribution >= 0.6 is 0 Å². The minimum atomic E-state index is -4.47. The maximum Gasteiger partial charge on any atom is 0.495 e. The number of benzene rings is 1. The molecule has 23 heavy (non-hydrogen) atoms. The van der Waals surface area contributed by atoms with E-state index in [1.54, 1.807) is 12.1 Å². The van der Waals surface area contributed by atoms with Crippen molar-refractivity contribution in [3.63, 3.8) is 0 Å². The van der Waals surface area contributed by atoms with Gasteiger partial charge in [0.2, 0.25) is 0 Å². The van der Waals surface area contributed by atoms with Crippen molar-refractivity contribution >= 4 is 18.3 Å². The van der Waals surface area contributed by atoms with Gasteiger partial charge in [-0.15, -0.1) is 0 Å². The van der Waals surface area contributed by atoms with Gasteiger partial charge in [0.05, 0.1) is 16.9 Å². The van der Waals surface area contributed by atoms with Crippen molar-refractivity contribution < 1.29 is 27.2 Å². The Bertz CT molecular complexity index is 630. The van der Waals surface area contributed by atoms with E-state index < -0.39 is 30.7 Å². The van der Waals surface area contributed by atoms with Crippen LogP contribution in [0.15, 0.2) is 12.1 Å².